The fourth-order valence-electron chi connectivity index (χ4n) is 3.51. The molecule has 0 radical (unpaired) electrons. The van der Waals surface area contributed by atoms with Gasteiger partial charge in [-0.3, -0.25) is 9.58 Å². The first-order valence-corrected chi connectivity index (χ1v) is 6.93. The molecular formula is C14H23N3. The van der Waals surface area contributed by atoms with E-state index in [4.69, 9.17) is 0 Å². The summed E-state index contributed by atoms with van der Waals surface area (Å²) in [5.74, 6) is 0. The maximum atomic E-state index is 4.52. The Labute approximate surface area is 104 Å². The molecule has 0 atom stereocenters. The Bertz CT molecular complexity index is 388. The summed E-state index contributed by atoms with van der Waals surface area (Å²) in [5.41, 5.74) is 1.89. The maximum Gasteiger partial charge on any atom is 0.0524 e. The highest BCUT2D eigenvalue weighted by molar-refractivity contribution is 5.05. The summed E-state index contributed by atoms with van der Waals surface area (Å²) in [5, 5.41) is 4.52. The summed E-state index contributed by atoms with van der Waals surface area (Å²) in [6.07, 6.45) is 7.54. The third kappa shape index (κ3) is 2.01. The molecule has 1 aromatic rings. The van der Waals surface area contributed by atoms with Crippen LogP contribution in [0.2, 0.25) is 0 Å². The third-order valence-electron chi connectivity index (χ3n) is 4.59. The van der Waals surface area contributed by atoms with Crippen LogP contribution in [-0.4, -0.2) is 27.3 Å². The highest BCUT2D eigenvalue weighted by atomic mass is 15.3. The zero-order chi connectivity index (χ0) is 11.9. The number of hydrogen-bond acceptors (Lipinski definition) is 2. The van der Waals surface area contributed by atoms with Crippen molar-refractivity contribution in [2.24, 2.45) is 5.41 Å². The van der Waals surface area contributed by atoms with Crippen molar-refractivity contribution in [1.29, 1.82) is 0 Å². The van der Waals surface area contributed by atoms with Gasteiger partial charge in [-0.25, -0.2) is 0 Å². The molecule has 0 bridgehead atoms. The van der Waals surface area contributed by atoms with Crippen LogP contribution in [0.25, 0.3) is 0 Å². The molecule has 3 heteroatoms. The average molecular weight is 233 g/mol. The number of rotatable bonds is 1. The van der Waals surface area contributed by atoms with Gasteiger partial charge in [0.05, 0.1) is 5.69 Å². The number of nitrogens with zero attached hydrogens (tertiary/aromatic N) is 3. The third-order valence-corrected chi connectivity index (χ3v) is 4.59. The van der Waals surface area contributed by atoms with Crippen LogP contribution in [0.4, 0.5) is 0 Å². The summed E-state index contributed by atoms with van der Waals surface area (Å²) in [6.45, 7) is 8.09. The van der Waals surface area contributed by atoms with Gasteiger partial charge >= 0.3 is 0 Å². The summed E-state index contributed by atoms with van der Waals surface area (Å²) >= 11 is 0. The molecule has 1 aliphatic heterocycles. The Hall–Kier alpha value is -0.830. The minimum atomic E-state index is 0.502. The molecule has 17 heavy (non-hydrogen) atoms. The molecular weight excluding hydrogens is 210 g/mol. The normalized spacial score (nSPS) is 24.2. The van der Waals surface area contributed by atoms with Crippen LogP contribution >= 0.6 is 0 Å². The molecule has 0 unspecified atom stereocenters. The Morgan fingerprint density at radius 3 is 2.71 bits per heavy atom. The van der Waals surface area contributed by atoms with Crippen LogP contribution in [0.5, 0.6) is 0 Å². The number of hydrogen-bond donors (Lipinski definition) is 0. The van der Waals surface area contributed by atoms with Crippen molar-refractivity contribution in [1.82, 2.24) is 14.7 Å². The molecule has 0 saturated heterocycles. The molecule has 3 rings (SSSR count). The van der Waals surface area contributed by atoms with Gasteiger partial charge in [0, 0.05) is 37.3 Å². The van der Waals surface area contributed by atoms with Crippen molar-refractivity contribution in [3.05, 3.63) is 18.0 Å². The van der Waals surface area contributed by atoms with Crippen molar-refractivity contribution in [2.45, 2.75) is 58.7 Å². The van der Waals surface area contributed by atoms with Crippen LogP contribution in [0.1, 0.15) is 45.2 Å². The van der Waals surface area contributed by atoms with Crippen molar-refractivity contribution in [2.75, 3.05) is 6.54 Å². The van der Waals surface area contributed by atoms with Crippen LogP contribution < -0.4 is 0 Å². The van der Waals surface area contributed by atoms with E-state index in [2.05, 4.69) is 34.6 Å². The summed E-state index contributed by atoms with van der Waals surface area (Å²) < 4.78 is 2.26. The lowest BCUT2D eigenvalue weighted by molar-refractivity contribution is 0.118. The molecule has 1 saturated carbocycles. The second-order valence-electron chi connectivity index (χ2n) is 6.19. The highest BCUT2D eigenvalue weighted by Crippen LogP contribution is 2.42. The monoisotopic (exact) mass is 233 g/mol. The molecule has 1 fully saturated rings. The first kappa shape index (κ1) is 11.3. The molecule has 0 amide bonds. The molecule has 1 spiro atoms. The van der Waals surface area contributed by atoms with Gasteiger partial charge in [0.15, 0.2) is 0 Å². The smallest absolute Gasteiger partial charge is 0.0524 e. The predicted octanol–water partition coefficient (Wildman–Crippen LogP) is 2.67. The molecule has 1 aromatic heterocycles. The van der Waals surface area contributed by atoms with E-state index in [-0.39, 0.29) is 0 Å². The molecule has 3 nitrogen and oxygen atoms in total. The minimum absolute atomic E-state index is 0.502. The van der Waals surface area contributed by atoms with Crippen molar-refractivity contribution in [3.8, 4) is 0 Å². The zero-order valence-electron chi connectivity index (χ0n) is 11.0. The van der Waals surface area contributed by atoms with E-state index in [9.17, 15) is 0 Å². The standard InChI is InChI=1S/C14H23N3/c1-12(2)16-9-13-5-8-15-17(13)11-14(10-16)6-3-4-7-14/h5,8,12H,3-4,6-7,9-11H2,1-2H3. The van der Waals surface area contributed by atoms with E-state index in [1.807, 2.05) is 6.20 Å². The first-order valence-electron chi connectivity index (χ1n) is 6.93. The van der Waals surface area contributed by atoms with Gasteiger partial charge in [-0.1, -0.05) is 12.8 Å². The molecule has 0 aromatic carbocycles. The van der Waals surface area contributed by atoms with Gasteiger partial charge in [0.2, 0.25) is 0 Å². The second kappa shape index (κ2) is 4.13. The van der Waals surface area contributed by atoms with E-state index < -0.39 is 0 Å². The van der Waals surface area contributed by atoms with Gasteiger partial charge in [0.25, 0.3) is 0 Å². The number of fused-ring (bicyclic) bond motifs is 1. The van der Waals surface area contributed by atoms with Crippen molar-refractivity contribution < 1.29 is 0 Å². The molecule has 2 aliphatic rings. The molecule has 0 N–H and O–H groups in total. The quantitative estimate of drug-likeness (QED) is 0.743. The molecule has 2 heterocycles. The minimum Gasteiger partial charge on any atom is -0.295 e. The first-order chi connectivity index (χ1) is 8.19. The second-order valence-corrected chi connectivity index (χ2v) is 6.19. The van der Waals surface area contributed by atoms with Crippen LogP contribution in [-0.2, 0) is 13.1 Å². The van der Waals surface area contributed by atoms with E-state index in [0.717, 1.165) is 13.1 Å². The average Bonchev–Trinajstić information content (AvgIpc) is 2.86. The van der Waals surface area contributed by atoms with E-state index in [0.29, 0.717) is 11.5 Å². The SMILES string of the molecule is CC(C)N1Cc2ccnn2CC2(CCCC2)C1. The fourth-order valence-corrected chi connectivity index (χ4v) is 3.51. The van der Waals surface area contributed by atoms with Gasteiger partial charge in [-0.15, -0.1) is 0 Å². The summed E-state index contributed by atoms with van der Waals surface area (Å²) in [7, 11) is 0. The largest absolute Gasteiger partial charge is 0.295 e. The lowest BCUT2D eigenvalue weighted by Crippen LogP contribution is -2.39. The Balaban J connectivity index is 1.93. The molecule has 94 valence electrons. The van der Waals surface area contributed by atoms with Crippen LogP contribution in [0.15, 0.2) is 12.3 Å². The van der Waals surface area contributed by atoms with E-state index in [1.54, 1.807) is 0 Å². The van der Waals surface area contributed by atoms with Gasteiger partial charge < -0.3 is 0 Å². The lowest BCUT2D eigenvalue weighted by atomic mass is 9.85. The highest BCUT2D eigenvalue weighted by Gasteiger charge is 2.39. The summed E-state index contributed by atoms with van der Waals surface area (Å²) in [4.78, 5) is 2.63. The van der Waals surface area contributed by atoms with Gasteiger partial charge in [0.1, 0.15) is 0 Å². The lowest BCUT2D eigenvalue weighted by Gasteiger charge is -2.34. The summed E-state index contributed by atoms with van der Waals surface area (Å²) in [6, 6.07) is 2.82. The topological polar surface area (TPSA) is 21.1 Å². The Morgan fingerprint density at radius 1 is 1.24 bits per heavy atom. The Kier molecular flexibility index (Phi) is 2.74. The molecule has 1 aliphatic carbocycles. The van der Waals surface area contributed by atoms with Crippen LogP contribution in [0.3, 0.4) is 0 Å². The van der Waals surface area contributed by atoms with Gasteiger partial charge in [-0.2, -0.15) is 5.10 Å². The Morgan fingerprint density at radius 2 is 2.00 bits per heavy atom. The zero-order valence-corrected chi connectivity index (χ0v) is 11.0. The van der Waals surface area contributed by atoms with Crippen LogP contribution in [0, 0.1) is 5.41 Å². The van der Waals surface area contributed by atoms with Crippen molar-refractivity contribution in [3.63, 3.8) is 0 Å². The van der Waals surface area contributed by atoms with E-state index in [1.165, 1.54) is 37.9 Å². The number of aromatic nitrogens is 2. The van der Waals surface area contributed by atoms with Gasteiger partial charge in [-0.05, 0) is 32.8 Å². The fraction of sp³-hybridized carbons (Fsp3) is 0.786. The van der Waals surface area contributed by atoms with Crippen molar-refractivity contribution >= 4 is 0 Å². The maximum absolute atomic E-state index is 4.52. The van der Waals surface area contributed by atoms with E-state index >= 15 is 0 Å². The predicted molar refractivity (Wildman–Crippen MR) is 68.7 cm³/mol.